The van der Waals surface area contributed by atoms with E-state index in [0.717, 1.165) is 6.07 Å². The SMILES string of the molecule is COc1cc(-c2cc(=O)c3c(O)c([C@@H]4OC(CO)[C@@H](O)[C@H](O)C4O)c(O)c([C@@H]4OC[C@H](O)[C@H](O)C4O)c3o2)cc(OC)c1O. The van der Waals surface area contributed by atoms with E-state index in [-0.39, 0.29) is 28.6 Å². The molecule has 3 unspecified atom stereocenters. The van der Waals surface area contributed by atoms with E-state index in [4.69, 9.17) is 23.4 Å². The third kappa shape index (κ3) is 4.99. The summed E-state index contributed by atoms with van der Waals surface area (Å²) >= 11 is 0. The predicted molar refractivity (Wildman–Crippen MR) is 145 cm³/mol. The lowest BCUT2D eigenvalue weighted by Gasteiger charge is -2.41. The number of fused-ring (bicyclic) bond motifs is 1. The topological polar surface area (TPSA) is 269 Å². The summed E-state index contributed by atoms with van der Waals surface area (Å²) < 4.78 is 27.4. The van der Waals surface area contributed by atoms with Crippen molar-refractivity contribution in [2.75, 3.05) is 27.4 Å². The van der Waals surface area contributed by atoms with Crippen molar-refractivity contribution < 1.29 is 74.4 Å². The fourth-order valence-electron chi connectivity index (χ4n) is 5.52. The highest BCUT2D eigenvalue weighted by atomic mass is 16.5. The molecule has 16 heteroatoms. The molecule has 0 saturated carbocycles. The third-order valence-electron chi connectivity index (χ3n) is 7.92. The molecule has 9 atom stereocenters. The molecule has 3 aromatic rings. The highest BCUT2D eigenvalue weighted by Gasteiger charge is 2.48. The molecular weight excluding hydrogens is 592 g/mol. The molecule has 2 saturated heterocycles. The maximum Gasteiger partial charge on any atom is 0.200 e. The molecule has 44 heavy (non-hydrogen) atoms. The molecule has 10 N–H and O–H groups in total. The summed E-state index contributed by atoms with van der Waals surface area (Å²) in [7, 11) is 2.54. The quantitative estimate of drug-likeness (QED) is 0.146. The number of phenols is 3. The van der Waals surface area contributed by atoms with E-state index in [2.05, 4.69) is 0 Å². The fraction of sp³-hybridized carbons (Fsp3) is 0.464. The highest BCUT2D eigenvalue weighted by Crippen LogP contribution is 2.51. The van der Waals surface area contributed by atoms with Gasteiger partial charge in [0.1, 0.15) is 77.6 Å². The average Bonchev–Trinajstić information content (AvgIpc) is 3.00. The van der Waals surface area contributed by atoms with Gasteiger partial charge in [-0.3, -0.25) is 4.79 Å². The minimum Gasteiger partial charge on any atom is -0.507 e. The Kier molecular flexibility index (Phi) is 8.65. The maximum atomic E-state index is 13.6. The van der Waals surface area contributed by atoms with Crippen LogP contribution in [0.3, 0.4) is 0 Å². The third-order valence-corrected chi connectivity index (χ3v) is 7.92. The largest absolute Gasteiger partial charge is 0.507 e. The van der Waals surface area contributed by atoms with E-state index in [0.29, 0.717) is 0 Å². The standard InChI is InChI=1S/C28H32O16/c1-40-12-3-8(4-13(41-2)19(12)33)11-5-9(30)15-21(35)16(28-25(39)23(37)20(34)14(6-29)44-28)22(36)17(26(15)43-11)27-24(38)18(32)10(31)7-42-27/h3-5,10,14,18,20,23-25,27-29,31-39H,6-7H2,1-2H3/t10-,14?,18-,20+,23-,24?,25?,27-,28-/m0/s1. The first kappa shape index (κ1) is 31.7. The summed E-state index contributed by atoms with van der Waals surface area (Å²) in [5.74, 6) is -2.62. The molecule has 5 rings (SSSR count). The lowest BCUT2D eigenvalue weighted by molar-refractivity contribution is -0.232. The van der Waals surface area contributed by atoms with Gasteiger partial charge in [0.05, 0.1) is 38.6 Å². The van der Waals surface area contributed by atoms with Crippen molar-refractivity contribution in [3.63, 3.8) is 0 Å². The number of phenolic OH excluding ortho intramolecular Hbond substituents is 3. The number of ether oxygens (including phenoxy) is 4. The minimum atomic E-state index is -2.01. The summed E-state index contributed by atoms with van der Waals surface area (Å²) in [5, 5.41) is 105. The van der Waals surface area contributed by atoms with Gasteiger partial charge in [-0.1, -0.05) is 0 Å². The van der Waals surface area contributed by atoms with E-state index in [1.165, 1.54) is 26.4 Å². The number of aliphatic hydroxyl groups is 7. The zero-order valence-corrected chi connectivity index (χ0v) is 23.3. The Morgan fingerprint density at radius 1 is 0.773 bits per heavy atom. The molecule has 0 bridgehead atoms. The molecule has 240 valence electrons. The van der Waals surface area contributed by atoms with Crippen molar-refractivity contribution in [2.45, 2.75) is 54.9 Å². The molecule has 0 spiro atoms. The summed E-state index contributed by atoms with van der Waals surface area (Å²) in [6, 6.07) is 3.55. The van der Waals surface area contributed by atoms with Crippen LogP contribution >= 0.6 is 0 Å². The Bertz CT molecular complexity index is 1580. The van der Waals surface area contributed by atoms with Gasteiger partial charge in [0, 0.05) is 11.6 Å². The Labute approximate surface area is 247 Å². The van der Waals surface area contributed by atoms with Crippen molar-refractivity contribution in [3.05, 3.63) is 39.5 Å². The molecule has 0 amide bonds. The van der Waals surface area contributed by atoms with Gasteiger partial charge in [-0.25, -0.2) is 0 Å². The molecule has 3 heterocycles. The number of hydrogen-bond acceptors (Lipinski definition) is 16. The van der Waals surface area contributed by atoms with Crippen molar-refractivity contribution in [1.82, 2.24) is 0 Å². The number of benzene rings is 2. The van der Waals surface area contributed by atoms with E-state index in [1.807, 2.05) is 0 Å². The summed E-state index contributed by atoms with van der Waals surface area (Å²) in [5.41, 5.74) is -2.55. The van der Waals surface area contributed by atoms with Crippen LogP contribution in [-0.2, 0) is 9.47 Å². The van der Waals surface area contributed by atoms with E-state index < -0.39 is 107 Å². The summed E-state index contributed by atoms with van der Waals surface area (Å²) in [6.45, 7) is -1.39. The Balaban J connectivity index is 1.82. The molecule has 1 aromatic heterocycles. The van der Waals surface area contributed by atoms with Crippen LogP contribution < -0.4 is 14.9 Å². The van der Waals surface area contributed by atoms with Crippen LogP contribution in [0, 0.1) is 0 Å². The first-order valence-electron chi connectivity index (χ1n) is 13.3. The number of rotatable bonds is 6. The molecule has 0 aliphatic carbocycles. The van der Waals surface area contributed by atoms with Crippen molar-refractivity contribution in [3.8, 4) is 40.1 Å². The number of hydrogen-bond donors (Lipinski definition) is 10. The second-order valence-corrected chi connectivity index (χ2v) is 10.5. The molecule has 2 aliphatic heterocycles. The van der Waals surface area contributed by atoms with Gasteiger partial charge in [-0.2, -0.15) is 0 Å². The van der Waals surface area contributed by atoms with Gasteiger partial charge in [0.25, 0.3) is 0 Å². The predicted octanol–water partition coefficient (Wildman–Crippen LogP) is -1.74. The average molecular weight is 625 g/mol. The molecule has 0 radical (unpaired) electrons. The zero-order chi connectivity index (χ0) is 32.2. The van der Waals surface area contributed by atoms with E-state index in [1.54, 1.807) is 0 Å². The first-order chi connectivity index (χ1) is 20.9. The Morgan fingerprint density at radius 2 is 1.39 bits per heavy atom. The van der Waals surface area contributed by atoms with Gasteiger partial charge < -0.3 is 74.4 Å². The lowest BCUT2D eigenvalue weighted by Crippen LogP contribution is -2.55. The normalized spacial score (nSPS) is 30.8. The molecule has 16 nitrogen and oxygen atoms in total. The number of methoxy groups -OCH3 is 2. The minimum absolute atomic E-state index is 0.0610. The van der Waals surface area contributed by atoms with Crippen LogP contribution in [0.15, 0.2) is 27.4 Å². The lowest BCUT2D eigenvalue weighted by atomic mass is 9.85. The molecular formula is C28H32O16. The van der Waals surface area contributed by atoms with Crippen LogP contribution in [0.1, 0.15) is 23.3 Å². The van der Waals surface area contributed by atoms with Crippen LogP contribution in [0.25, 0.3) is 22.3 Å². The summed E-state index contributed by atoms with van der Waals surface area (Å²) in [4.78, 5) is 13.6. The van der Waals surface area contributed by atoms with Crippen LogP contribution in [0.5, 0.6) is 28.7 Å². The Morgan fingerprint density at radius 3 is 1.98 bits per heavy atom. The van der Waals surface area contributed by atoms with Crippen LogP contribution in [0.4, 0.5) is 0 Å². The second-order valence-electron chi connectivity index (χ2n) is 10.5. The van der Waals surface area contributed by atoms with E-state index in [9.17, 15) is 55.9 Å². The van der Waals surface area contributed by atoms with Crippen molar-refractivity contribution >= 4 is 11.0 Å². The van der Waals surface area contributed by atoms with Gasteiger partial charge in [0.15, 0.2) is 22.5 Å². The van der Waals surface area contributed by atoms with Crippen LogP contribution in [-0.4, -0.2) is 121 Å². The molecule has 2 aliphatic rings. The molecule has 2 fully saturated rings. The maximum absolute atomic E-state index is 13.6. The highest BCUT2D eigenvalue weighted by molar-refractivity contribution is 5.92. The Hall–Kier alpha value is -3.71. The van der Waals surface area contributed by atoms with Crippen molar-refractivity contribution in [1.29, 1.82) is 0 Å². The van der Waals surface area contributed by atoms with Gasteiger partial charge in [-0.15, -0.1) is 0 Å². The van der Waals surface area contributed by atoms with Crippen LogP contribution in [0.2, 0.25) is 0 Å². The second kappa shape index (κ2) is 12.0. The van der Waals surface area contributed by atoms with E-state index >= 15 is 0 Å². The summed E-state index contributed by atoms with van der Waals surface area (Å²) in [6.07, 6.45) is -16.0. The van der Waals surface area contributed by atoms with Gasteiger partial charge in [0.2, 0.25) is 5.75 Å². The smallest absolute Gasteiger partial charge is 0.200 e. The van der Waals surface area contributed by atoms with Gasteiger partial charge in [-0.05, 0) is 12.1 Å². The molecule has 2 aromatic carbocycles. The monoisotopic (exact) mass is 624 g/mol. The number of aliphatic hydroxyl groups excluding tert-OH is 7. The van der Waals surface area contributed by atoms with Gasteiger partial charge >= 0.3 is 0 Å². The first-order valence-corrected chi connectivity index (χ1v) is 13.3. The van der Waals surface area contributed by atoms with Crippen molar-refractivity contribution in [2.24, 2.45) is 0 Å². The number of aromatic hydroxyl groups is 3. The zero-order valence-electron chi connectivity index (χ0n) is 23.3. The fourth-order valence-corrected chi connectivity index (χ4v) is 5.52.